The first kappa shape index (κ1) is 14.0. The first-order chi connectivity index (χ1) is 9.52. The van der Waals surface area contributed by atoms with Crippen LogP contribution in [-0.4, -0.2) is 49.6 Å². The quantitative estimate of drug-likeness (QED) is 0.879. The smallest absolute Gasteiger partial charge is 0.323 e. The molecule has 20 heavy (non-hydrogen) atoms. The fourth-order valence-electron chi connectivity index (χ4n) is 1.97. The van der Waals surface area contributed by atoms with E-state index < -0.39 is 5.97 Å². The molecule has 0 aliphatic rings. The number of fused-ring (bicyclic) bond motifs is 1. The van der Waals surface area contributed by atoms with Gasteiger partial charge in [0.2, 0.25) is 0 Å². The molecular formula is C13H16N4O3. The van der Waals surface area contributed by atoms with Gasteiger partial charge in [-0.15, -0.1) is 0 Å². The van der Waals surface area contributed by atoms with Gasteiger partial charge < -0.3 is 10.0 Å². The van der Waals surface area contributed by atoms with Gasteiger partial charge in [-0.25, -0.2) is 9.50 Å². The maximum Gasteiger partial charge on any atom is 0.323 e. The van der Waals surface area contributed by atoms with Crippen LogP contribution >= 0.6 is 0 Å². The first-order valence-electron chi connectivity index (χ1n) is 6.34. The standard InChI is InChI=1S/C13H16N4O3/c1-3-4-16(8-11(18)19)13(20)10-6-15-17-7-9(2)5-14-12(10)17/h5-7H,3-4,8H2,1-2H3,(H,18,19). The minimum Gasteiger partial charge on any atom is -0.480 e. The van der Waals surface area contributed by atoms with Crippen LogP contribution in [0.5, 0.6) is 0 Å². The minimum atomic E-state index is -1.04. The molecule has 2 aromatic rings. The van der Waals surface area contributed by atoms with Crippen molar-refractivity contribution in [3.8, 4) is 0 Å². The van der Waals surface area contributed by atoms with Crippen molar-refractivity contribution >= 4 is 17.5 Å². The zero-order chi connectivity index (χ0) is 14.7. The number of carbonyl (C=O) groups excluding carboxylic acids is 1. The highest BCUT2D eigenvalue weighted by atomic mass is 16.4. The SMILES string of the molecule is CCCN(CC(=O)O)C(=O)c1cnn2cc(C)cnc12. The lowest BCUT2D eigenvalue weighted by molar-refractivity contribution is -0.137. The number of hydrogen-bond donors (Lipinski definition) is 1. The number of amides is 1. The molecule has 0 aliphatic carbocycles. The average molecular weight is 276 g/mol. The van der Waals surface area contributed by atoms with Crippen LogP contribution in [0.25, 0.3) is 5.65 Å². The highest BCUT2D eigenvalue weighted by Crippen LogP contribution is 2.12. The van der Waals surface area contributed by atoms with Crippen LogP contribution in [0, 0.1) is 6.92 Å². The predicted molar refractivity (Wildman–Crippen MR) is 71.6 cm³/mol. The molecule has 2 heterocycles. The van der Waals surface area contributed by atoms with E-state index in [0.29, 0.717) is 24.2 Å². The van der Waals surface area contributed by atoms with E-state index in [1.54, 1.807) is 12.4 Å². The van der Waals surface area contributed by atoms with Gasteiger partial charge in [-0.2, -0.15) is 5.10 Å². The third-order valence-electron chi connectivity index (χ3n) is 2.82. The maximum absolute atomic E-state index is 12.4. The third kappa shape index (κ3) is 2.76. The molecule has 0 spiro atoms. The summed E-state index contributed by atoms with van der Waals surface area (Å²) in [5.41, 5.74) is 1.68. The Morgan fingerprint density at radius 3 is 2.80 bits per heavy atom. The molecule has 0 saturated carbocycles. The monoisotopic (exact) mass is 276 g/mol. The van der Waals surface area contributed by atoms with E-state index >= 15 is 0 Å². The highest BCUT2D eigenvalue weighted by Gasteiger charge is 2.21. The van der Waals surface area contributed by atoms with Crippen molar-refractivity contribution in [2.45, 2.75) is 20.3 Å². The summed E-state index contributed by atoms with van der Waals surface area (Å²) in [5.74, 6) is -1.40. The second kappa shape index (κ2) is 5.68. The molecular weight excluding hydrogens is 260 g/mol. The molecule has 7 nitrogen and oxygen atoms in total. The van der Waals surface area contributed by atoms with Gasteiger partial charge in [-0.1, -0.05) is 6.92 Å². The van der Waals surface area contributed by atoms with Crippen LogP contribution < -0.4 is 0 Å². The Balaban J connectivity index is 2.35. The lowest BCUT2D eigenvalue weighted by atomic mass is 10.2. The number of aliphatic carboxylic acids is 1. The van der Waals surface area contributed by atoms with Crippen LogP contribution in [0.4, 0.5) is 0 Å². The van der Waals surface area contributed by atoms with Gasteiger partial charge in [0.05, 0.1) is 6.20 Å². The summed E-state index contributed by atoms with van der Waals surface area (Å²) >= 11 is 0. The molecule has 0 saturated heterocycles. The van der Waals surface area contributed by atoms with Crippen molar-refractivity contribution in [2.24, 2.45) is 0 Å². The minimum absolute atomic E-state index is 0.319. The summed E-state index contributed by atoms with van der Waals surface area (Å²) in [6, 6.07) is 0. The van der Waals surface area contributed by atoms with Gasteiger partial charge in [0, 0.05) is 18.9 Å². The fraction of sp³-hybridized carbons (Fsp3) is 0.385. The zero-order valence-corrected chi connectivity index (χ0v) is 11.4. The predicted octanol–water partition coefficient (Wildman–Crippen LogP) is 0.975. The average Bonchev–Trinajstić information content (AvgIpc) is 2.79. The molecule has 0 unspecified atom stereocenters. The van der Waals surface area contributed by atoms with E-state index in [0.717, 1.165) is 5.56 Å². The van der Waals surface area contributed by atoms with E-state index in [2.05, 4.69) is 10.1 Å². The van der Waals surface area contributed by atoms with Crippen molar-refractivity contribution in [1.82, 2.24) is 19.5 Å². The number of aromatic nitrogens is 3. The Kier molecular flexibility index (Phi) is 3.97. The van der Waals surface area contributed by atoms with Crippen LogP contribution in [0.3, 0.4) is 0 Å². The molecule has 0 bridgehead atoms. The third-order valence-corrected chi connectivity index (χ3v) is 2.82. The van der Waals surface area contributed by atoms with Crippen LogP contribution in [0.1, 0.15) is 29.3 Å². The summed E-state index contributed by atoms with van der Waals surface area (Å²) in [5, 5.41) is 13.0. The molecule has 0 radical (unpaired) electrons. The van der Waals surface area contributed by atoms with Gasteiger partial charge in [-0.3, -0.25) is 9.59 Å². The van der Waals surface area contributed by atoms with Crippen LogP contribution in [0.2, 0.25) is 0 Å². The lowest BCUT2D eigenvalue weighted by Gasteiger charge is -2.19. The Morgan fingerprint density at radius 2 is 2.15 bits per heavy atom. The van der Waals surface area contributed by atoms with E-state index in [1.165, 1.54) is 15.6 Å². The molecule has 1 amide bonds. The molecule has 0 fully saturated rings. The Bertz CT molecular complexity index is 650. The molecule has 2 rings (SSSR count). The van der Waals surface area contributed by atoms with Crippen LogP contribution in [-0.2, 0) is 4.79 Å². The Hall–Kier alpha value is -2.44. The van der Waals surface area contributed by atoms with Gasteiger partial charge in [0.1, 0.15) is 12.1 Å². The number of carboxylic acid groups (broad SMARTS) is 1. The van der Waals surface area contributed by atoms with E-state index in [1.807, 2.05) is 13.8 Å². The second-order valence-corrected chi connectivity index (χ2v) is 4.58. The second-order valence-electron chi connectivity index (χ2n) is 4.58. The molecule has 106 valence electrons. The number of nitrogens with zero attached hydrogens (tertiary/aromatic N) is 4. The van der Waals surface area contributed by atoms with Crippen molar-refractivity contribution in [2.75, 3.05) is 13.1 Å². The Labute approximate surface area is 115 Å². The summed E-state index contributed by atoms with van der Waals surface area (Å²) < 4.78 is 1.52. The number of aryl methyl sites for hydroxylation is 1. The largest absolute Gasteiger partial charge is 0.480 e. The normalized spacial score (nSPS) is 10.7. The molecule has 0 aromatic carbocycles. The molecule has 0 atom stereocenters. The lowest BCUT2D eigenvalue weighted by Crippen LogP contribution is -2.36. The molecule has 1 N–H and O–H groups in total. The summed E-state index contributed by atoms with van der Waals surface area (Å²) in [6.07, 6.45) is 5.52. The number of carboxylic acids is 1. The van der Waals surface area contributed by atoms with E-state index in [4.69, 9.17) is 5.11 Å². The van der Waals surface area contributed by atoms with E-state index in [9.17, 15) is 9.59 Å². The van der Waals surface area contributed by atoms with Crippen molar-refractivity contribution < 1.29 is 14.7 Å². The highest BCUT2D eigenvalue weighted by molar-refractivity contribution is 6.00. The zero-order valence-electron chi connectivity index (χ0n) is 11.4. The number of hydrogen-bond acceptors (Lipinski definition) is 4. The fourth-order valence-corrected chi connectivity index (χ4v) is 1.97. The van der Waals surface area contributed by atoms with Gasteiger partial charge in [0.15, 0.2) is 5.65 Å². The maximum atomic E-state index is 12.4. The summed E-state index contributed by atoms with van der Waals surface area (Å²) in [4.78, 5) is 28.7. The van der Waals surface area contributed by atoms with Crippen LogP contribution in [0.15, 0.2) is 18.6 Å². The van der Waals surface area contributed by atoms with Gasteiger partial charge in [-0.05, 0) is 18.9 Å². The van der Waals surface area contributed by atoms with E-state index in [-0.39, 0.29) is 12.5 Å². The topological polar surface area (TPSA) is 87.8 Å². The Morgan fingerprint density at radius 1 is 1.40 bits per heavy atom. The van der Waals surface area contributed by atoms with Crippen molar-refractivity contribution in [3.63, 3.8) is 0 Å². The molecule has 0 aliphatic heterocycles. The number of rotatable bonds is 5. The summed E-state index contributed by atoms with van der Waals surface area (Å²) in [6.45, 7) is 3.83. The number of carbonyl (C=O) groups is 2. The van der Waals surface area contributed by atoms with Crippen molar-refractivity contribution in [1.29, 1.82) is 0 Å². The molecule has 7 heteroatoms. The first-order valence-corrected chi connectivity index (χ1v) is 6.34. The van der Waals surface area contributed by atoms with Gasteiger partial charge >= 0.3 is 5.97 Å². The molecule has 2 aromatic heterocycles. The summed E-state index contributed by atoms with van der Waals surface area (Å²) in [7, 11) is 0. The van der Waals surface area contributed by atoms with Gasteiger partial charge in [0.25, 0.3) is 5.91 Å². The van der Waals surface area contributed by atoms with Crippen molar-refractivity contribution in [3.05, 3.63) is 29.7 Å².